The molecule has 1 aliphatic heterocycles. The summed E-state index contributed by atoms with van der Waals surface area (Å²) in [6, 6.07) is 22.7. The number of phenols is 1. The van der Waals surface area contributed by atoms with E-state index in [9.17, 15) is 15.0 Å². The number of likely N-dealkylation sites (N-methyl/N-ethyl adjacent to an activating group) is 1. The zero-order valence-electron chi connectivity index (χ0n) is 21.3. The van der Waals surface area contributed by atoms with Crippen LogP contribution in [0.5, 0.6) is 5.75 Å². The molecule has 36 heavy (non-hydrogen) atoms. The number of amides is 1. The van der Waals surface area contributed by atoms with Gasteiger partial charge in [0.2, 0.25) is 0 Å². The predicted molar refractivity (Wildman–Crippen MR) is 142 cm³/mol. The van der Waals surface area contributed by atoms with Crippen molar-refractivity contribution in [2.45, 2.75) is 39.1 Å². The Bertz CT molecular complexity index is 1160. The van der Waals surface area contributed by atoms with Crippen molar-refractivity contribution in [3.05, 3.63) is 89.5 Å². The highest BCUT2D eigenvalue weighted by Crippen LogP contribution is 2.31. The standard InChI is InChI=1S/C30H36N2O4/c1-21-16-32(22(2)19-33)30(35)28-11-7-6-10-27(28)26-9-5-4-8-24(26)20-36-29(21)18-31(3)17-23-12-14-25(34)15-13-23/h4-15,21-22,29,33-34H,16-20H2,1-3H3/t21-,22+,29-/m1/s1. The monoisotopic (exact) mass is 488 g/mol. The molecule has 190 valence electrons. The number of ether oxygens (including phenoxy) is 1. The van der Waals surface area contributed by atoms with Gasteiger partial charge >= 0.3 is 0 Å². The summed E-state index contributed by atoms with van der Waals surface area (Å²) in [4.78, 5) is 17.9. The van der Waals surface area contributed by atoms with Crippen LogP contribution >= 0.6 is 0 Å². The summed E-state index contributed by atoms with van der Waals surface area (Å²) >= 11 is 0. The zero-order valence-corrected chi connectivity index (χ0v) is 21.3. The lowest BCUT2D eigenvalue weighted by Crippen LogP contribution is -2.47. The van der Waals surface area contributed by atoms with Gasteiger partial charge in [0.25, 0.3) is 5.91 Å². The van der Waals surface area contributed by atoms with Crippen LogP contribution in [0.15, 0.2) is 72.8 Å². The molecule has 6 heteroatoms. The molecular formula is C30H36N2O4. The van der Waals surface area contributed by atoms with Crippen molar-refractivity contribution in [1.82, 2.24) is 9.80 Å². The number of aromatic hydroxyl groups is 1. The number of hydrogen-bond acceptors (Lipinski definition) is 5. The van der Waals surface area contributed by atoms with E-state index >= 15 is 0 Å². The van der Waals surface area contributed by atoms with Crippen molar-refractivity contribution in [2.24, 2.45) is 5.92 Å². The molecular weight excluding hydrogens is 452 g/mol. The van der Waals surface area contributed by atoms with Gasteiger partial charge in [-0.2, -0.15) is 0 Å². The van der Waals surface area contributed by atoms with Gasteiger partial charge in [0.1, 0.15) is 5.75 Å². The van der Waals surface area contributed by atoms with Crippen LogP contribution in [0.3, 0.4) is 0 Å². The van der Waals surface area contributed by atoms with Gasteiger partial charge in [-0.1, -0.05) is 61.5 Å². The van der Waals surface area contributed by atoms with E-state index in [2.05, 4.69) is 24.9 Å². The van der Waals surface area contributed by atoms with Crippen molar-refractivity contribution in [2.75, 3.05) is 26.7 Å². The summed E-state index contributed by atoms with van der Waals surface area (Å²) in [5.74, 6) is 0.207. The topological polar surface area (TPSA) is 73.2 Å². The second-order valence-corrected chi connectivity index (χ2v) is 9.88. The number of carbonyl (C=O) groups is 1. The van der Waals surface area contributed by atoms with Crippen LogP contribution in [0.1, 0.15) is 35.3 Å². The Balaban J connectivity index is 1.67. The Kier molecular flexibility index (Phi) is 8.41. The molecule has 0 fully saturated rings. The summed E-state index contributed by atoms with van der Waals surface area (Å²) in [7, 11) is 2.05. The van der Waals surface area contributed by atoms with Crippen LogP contribution in [-0.4, -0.2) is 64.8 Å². The lowest BCUT2D eigenvalue weighted by molar-refractivity contribution is -0.0241. The van der Waals surface area contributed by atoms with Crippen LogP contribution in [0.4, 0.5) is 0 Å². The third-order valence-corrected chi connectivity index (χ3v) is 6.97. The van der Waals surface area contributed by atoms with Gasteiger partial charge in [0.05, 0.1) is 25.4 Å². The van der Waals surface area contributed by atoms with Crippen LogP contribution in [0.25, 0.3) is 11.1 Å². The lowest BCUT2D eigenvalue weighted by atomic mass is 9.94. The van der Waals surface area contributed by atoms with Gasteiger partial charge in [-0.05, 0) is 54.4 Å². The van der Waals surface area contributed by atoms with Crippen molar-refractivity contribution < 1.29 is 19.7 Å². The van der Waals surface area contributed by atoms with E-state index in [1.54, 1.807) is 17.0 Å². The smallest absolute Gasteiger partial charge is 0.254 e. The Morgan fingerprint density at radius 3 is 2.33 bits per heavy atom. The fraction of sp³-hybridized carbons (Fsp3) is 0.367. The highest BCUT2D eigenvalue weighted by atomic mass is 16.5. The van der Waals surface area contributed by atoms with Gasteiger partial charge in [-0.25, -0.2) is 0 Å². The molecule has 0 spiro atoms. The number of nitrogens with zero attached hydrogens (tertiary/aromatic N) is 2. The summed E-state index contributed by atoms with van der Waals surface area (Å²) in [5.41, 5.74) is 4.66. The predicted octanol–water partition coefficient (Wildman–Crippen LogP) is 4.55. The molecule has 3 aromatic carbocycles. The summed E-state index contributed by atoms with van der Waals surface area (Å²) in [6.45, 7) is 6.19. The number of hydrogen-bond donors (Lipinski definition) is 2. The van der Waals surface area contributed by atoms with Crippen LogP contribution in [-0.2, 0) is 17.9 Å². The minimum atomic E-state index is -0.320. The fourth-order valence-electron chi connectivity index (χ4n) is 4.84. The number of rotatable bonds is 6. The molecule has 0 saturated heterocycles. The molecule has 0 bridgehead atoms. The number of aliphatic hydroxyl groups is 1. The van der Waals surface area contributed by atoms with Gasteiger partial charge in [0, 0.05) is 31.1 Å². The Hall–Kier alpha value is -3.19. The Labute approximate surface area is 213 Å². The average molecular weight is 489 g/mol. The quantitative estimate of drug-likeness (QED) is 0.533. The molecule has 0 radical (unpaired) electrons. The largest absolute Gasteiger partial charge is 0.508 e. The number of fused-ring (bicyclic) bond motifs is 3. The van der Waals surface area contributed by atoms with Crippen LogP contribution in [0, 0.1) is 5.92 Å². The van der Waals surface area contributed by atoms with Gasteiger partial charge in [0.15, 0.2) is 0 Å². The first-order chi connectivity index (χ1) is 17.4. The molecule has 1 amide bonds. The molecule has 0 aliphatic carbocycles. The first-order valence-electron chi connectivity index (χ1n) is 12.5. The van der Waals surface area contributed by atoms with E-state index in [-0.39, 0.29) is 36.3 Å². The maximum Gasteiger partial charge on any atom is 0.254 e. The van der Waals surface area contributed by atoms with Crippen LogP contribution < -0.4 is 0 Å². The van der Waals surface area contributed by atoms with E-state index in [1.165, 1.54) is 0 Å². The molecule has 0 saturated carbocycles. The van der Waals surface area contributed by atoms with Gasteiger partial charge in [-0.15, -0.1) is 0 Å². The van der Waals surface area contributed by atoms with Crippen molar-refractivity contribution >= 4 is 5.91 Å². The lowest BCUT2D eigenvalue weighted by Gasteiger charge is -2.35. The first kappa shape index (κ1) is 25.9. The molecule has 1 aliphatic rings. The Morgan fingerprint density at radius 2 is 1.64 bits per heavy atom. The van der Waals surface area contributed by atoms with E-state index in [0.29, 0.717) is 31.8 Å². The molecule has 0 unspecified atom stereocenters. The van der Waals surface area contributed by atoms with Crippen molar-refractivity contribution in [3.8, 4) is 16.9 Å². The van der Waals surface area contributed by atoms with E-state index < -0.39 is 0 Å². The number of benzene rings is 3. The maximum absolute atomic E-state index is 13.9. The van der Waals surface area contributed by atoms with E-state index in [1.807, 2.05) is 61.5 Å². The zero-order chi connectivity index (χ0) is 25.7. The van der Waals surface area contributed by atoms with E-state index in [4.69, 9.17) is 4.74 Å². The molecule has 1 heterocycles. The van der Waals surface area contributed by atoms with Crippen LogP contribution in [0.2, 0.25) is 0 Å². The van der Waals surface area contributed by atoms with Gasteiger partial charge < -0.3 is 19.8 Å². The number of phenolic OH excluding ortho intramolecular Hbond substituents is 1. The molecule has 3 aromatic rings. The summed E-state index contributed by atoms with van der Waals surface area (Å²) in [6.07, 6.45) is -0.137. The second kappa shape index (κ2) is 11.7. The summed E-state index contributed by atoms with van der Waals surface area (Å²) in [5, 5.41) is 19.6. The molecule has 4 rings (SSSR count). The third kappa shape index (κ3) is 5.95. The SMILES string of the molecule is C[C@@H]1CN([C@@H](C)CO)C(=O)c2ccccc2-c2ccccc2CO[C@@H]1CN(C)Cc1ccc(O)cc1. The second-order valence-electron chi connectivity index (χ2n) is 9.88. The van der Waals surface area contributed by atoms with E-state index in [0.717, 1.165) is 22.3 Å². The normalized spacial score (nSPS) is 19.4. The minimum absolute atomic E-state index is 0.0302. The average Bonchev–Trinajstić information content (AvgIpc) is 2.91. The highest BCUT2D eigenvalue weighted by Gasteiger charge is 2.30. The Morgan fingerprint density at radius 1 is 1.00 bits per heavy atom. The van der Waals surface area contributed by atoms with Crippen molar-refractivity contribution in [3.63, 3.8) is 0 Å². The fourth-order valence-corrected chi connectivity index (χ4v) is 4.84. The minimum Gasteiger partial charge on any atom is -0.508 e. The first-order valence-corrected chi connectivity index (χ1v) is 12.5. The maximum atomic E-state index is 13.9. The highest BCUT2D eigenvalue weighted by molar-refractivity contribution is 6.01. The third-order valence-electron chi connectivity index (χ3n) is 6.97. The summed E-state index contributed by atoms with van der Waals surface area (Å²) < 4.78 is 6.57. The van der Waals surface area contributed by atoms with Gasteiger partial charge in [-0.3, -0.25) is 9.69 Å². The number of carbonyl (C=O) groups excluding carboxylic acids is 1. The molecule has 6 nitrogen and oxygen atoms in total. The molecule has 0 aromatic heterocycles. The van der Waals surface area contributed by atoms with Crippen molar-refractivity contribution in [1.29, 1.82) is 0 Å². The number of aliphatic hydroxyl groups excluding tert-OH is 1. The molecule has 3 atom stereocenters. The molecule has 2 N–H and O–H groups in total.